The third kappa shape index (κ3) is 4.36. The number of nitrogens with zero attached hydrogens (tertiary/aromatic N) is 2. The summed E-state index contributed by atoms with van der Waals surface area (Å²) < 4.78 is 0. The van der Waals surface area contributed by atoms with Gasteiger partial charge in [0.1, 0.15) is 5.37 Å². The number of amides is 1. The molecule has 3 aromatic rings. The molecule has 1 amide bonds. The molecule has 4 rings (SSSR count). The normalized spacial score (nSPS) is 17.6. The molecule has 152 valence electrons. The second-order valence-corrected chi connectivity index (χ2v) is 9.16. The van der Waals surface area contributed by atoms with Gasteiger partial charge in [-0.2, -0.15) is 0 Å². The van der Waals surface area contributed by atoms with E-state index in [2.05, 4.69) is 29.2 Å². The van der Waals surface area contributed by atoms with Gasteiger partial charge >= 0.3 is 0 Å². The second kappa shape index (κ2) is 8.76. The summed E-state index contributed by atoms with van der Waals surface area (Å²) >= 11 is 13.6. The monoisotopic (exact) mass is 454 g/mol. The predicted molar refractivity (Wildman–Crippen MR) is 129 cm³/mol. The molecule has 30 heavy (non-hydrogen) atoms. The highest BCUT2D eigenvalue weighted by Crippen LogP contribution is 2.48. The van der Waals surface area contributed by atoms with Crippen LogP contribution >= 0.6 is 35.0 Å². The third-order valence-corrected chi connectivity index (χ3v) is 6.63. The average Bonchev–Trinajstić information content (AvgIpc) is 3.06. The lowest BCUT2D eigenvalue weighted by Crippen LogP contribution is -2.27. The summed E-state index contributed by atoms with van der Waals surface area (Å²) in [5, 5.41) is 1.15. The maximum atomic E-state index is 13.4. The van der Waals surface area contributed by atoms with E-state index in [0.717, 1.165) is 22.5 Å². The molecular weight excluding hydrogens is 435 g/mol. The van der Waals surface area contributed by atoms with E-state index >= 15 is 0 Å². The first kappa shape index (κ1) is 20.9. The minimum absolute atomic E-state index is 0.0287. The van der Waals surface area contributed by atoms with E-state index < -0.39 is 0 Å². The van der Waals surface area contributed by atoms with E-state index in [9.17, 15) is 4.79 Å². The van der Waals surface area contributed by atoms with Crippen molar-refractivity contribution in [1.29, 1.82) is 0 Å². The largest absolute Gasteiger partial charge is 0.378 e. The fourth-order valence-corrected chi connectivity index (χ4v) is 4.78. The van der Waals surface area contributed by atoms with Crippen LogP contribution in [0.3, 0.4) is 0 Å². The number of carbonyl (C=O) groups is 1. The highest BCUT2D eigenvalue weighted by Gasteiger charge is 2.38. The molecule has 1 fully saturated rings. The van der Waals surface area contributed by atoms with Gasteiger partial charge in [0.15, 0.2) is 0 Å². The lowest BCUT2D eigenvalue weighted by molar-refractivity contribution is -0.114. The Bertz CT molecular complexity index is 1080. The van der Waals surface area contributed by atoms with Crippen LogP contribution in [0.1, 0.15) is 16.5 Å². The van der Waals surface area contributed by atoms with E-state index in [1.807, 2.05) is 73.6 Å². The Labute approximate surface area is 190 Å². The Hall–Kier alpha value is -2.40. The average molecular weight is 455 g/mol. The molecule has 0 bridgehead atoms. The molecule has 0 saturated carbocycles. The van der Waals surface area contributed by atoms with E-state index in [1.165, 1.54) is 0 Å². The summed E-state index contributed by atoms with van der Waals surface area (Å²) in [5.41, 5.74) is 3.93. The zero-order valence-corrected chi connectivity index (χ0v) is 18.9. The minimum atomic E-state index is -0.159. The molecule has 1 heterocycles. The van der Waals surface area contributed by atoms with Gasteiger partial charge < -0.3 is 4.90 Å². The van der Waals surface area contributed by atoms with Crippen molar-refractivity contribution >= 4 is 58.3 Å². The van der Waals surface area contributed by atoms with Crippen molar-refractivity contribution in [2.45, 2.75) is 5.37 Å². The number of thioether (sulfide) groups is 1. The standard InChI is InChI=1S/C24H20Cl2N2OS/c1-27(2)20-11-5-17(6-12-20)24-28(21-13-9-19(26)10-14-21)23(29)22(30-24)15-16-3-7-18(25)8-4-16/h3-15,24H,1-2H3/b22-15-/t24-/m1/s1. The zero-order chi connectivity index (χ0) is 21.3. The highest BCUT2D eigenvalue weighted by molar-refractivity contribution is 8.05. The molecular formula is C24H20Cl2N2OS. The van der Waals surface area contributed by atoms with Gasteiger partial charge in [0.05, 0.1) is 4.91 Å². The molecule has 1 aliphatic rings. The summed E-state index contributed by atoms with van der Waals surface area (Å²) in [6.07, 6.45) is 1.92. The van der Waals surface area contributed by atoms with Crippen molar-refractivity contribution in [3.63, 3.8) is 0 Å². The van der Waals surface area contributed by atoms with E-state index in [0.29, 0.717) is 15.0 Å². The SMILES string of the molecule is CN(C)c1ccc([C@H]2S/C(=C\c3ccc(Cl)cc3)C(=O)N2c2ccc(Cl)cc2)cc1. The van der Waals surface area contributed by atoms with Gasteiger partial charge in [0.2, 0.25) is 0 Å². The number of rotatable bonds is 4. The van der Waals surface area contributed by atoms with E-state index in [4.69, 9.17) is 23.2 Å². The number of anilines is 2. The van der Waals surface area contributed by atoms with Gasteiger partial charge in [0.25, 0.3) is 5.91 Å². The summed E-state index contributed by atoms with van der Waals surface area (Å²) in [5.74, 6) is -0.0287. The molecule has 6 heteroatoms. The Morgan fingerprint density at radius 2 is 1.43 bits per heavy atom. The van der Waals surface area contributed by atoms with Crippen LogP contribution in [0, 0.1) is 0 Å². The van der Waals surface area contributed by atoms with Crippen LogP contribution in [0.4, 0.5) is 11.4 Å². The third-order valence-electron chi connectivity index (χ3n) is 4.87. The Morgan fingerprint density at radius 1 is 0.867 bits per heavy atom. The fraction of sp³-hybridized carbons (Fsp3) is 0.125. The molecule has 3 nitrogen and oxygen atoms in total. The van der Waals surface area contributed by atoms with Crippen molar-refractivity contribution in [2.75, 3.05) is 23.9 Å². The topological polar surface area (TPSA) is 23.6 Å². The summed E-state index contributed by atoms with van der Waals surface area (Å²) in [6, 6.07) is 23.2. The maximum absolute atomic E-state index is 13.4. The van der Waals surface area contributed by atoms with Crippen molar-refractivity contribution in [2.24, 2.45) is 0 Å². The molecule has 1 aliphatic heterocycles. The van der Waals surface area contributed by atoms with Crippen molar-refractivity contribution in [3.05, 3.63) is 98.9 Å². The van der Waals surface area contributed by atoms with Gasteiger partial charge in [-0.15, -0.1) is 0 Å². The lowest BCUT2D eigenvalue weighted by atomic mass is 10.1. The first-order chi connectivity index (χ1) is 14.4. The molecule has 0 radical (unpaired) electrons. The van der Waals surface area contributed by atoms with Crippen LogP contribution in [0.15, 0.2) is 77.7 Å². The van der Waals surface area contributed by atoms with Crippen molar-refractivity contribution < 1.29 is 4.79 Å². The number of carbonyl (C=O) groups excluding carboxylic acids is 1. The van der Waals surface area contributed by atoms with Gasteiger partial charge in [-0.25, -0.2) is 0 Å². The first-order valence-corrected chi connectivity index (χ1v) is 11.1. The predicted octanol–water partition coefficient (Wildman–Crippen LogP) is 6.88. The summed E-state index contributed by atoms with van der Waals surface area (Å²) in [4.78, 5) is 18.0. The van der Waals surface area contributed by atoms with E-state index in [-0.39, 0.29) is 11.3 Å². The molecule has 1 atom stereocenters. The molecule has 3 aromatic carbocycles. The number of hydrogen-bond acceptors (Lipinski definition) is 3. The highest BCUT2D eigenvalue weighted by atomic mass is 35.5. The molecule has 0 aliphatic carbocycles. The zero-order valence-electron chi connectivity index (χ0n) is 16.5. The second-order valence-electron chi connectivity index (χ2n) is 7.17. The van der Waals surface area contributed by atoms with Gasteiger partial charge in [-0.3, -0.25) is 9.69 Å². The van der Waals surface area contributed by atoms with Crippen molar-refractivity contribution in [1.82, 2.24) is 0 Å². The van der Waals surface area contributed by atoms with Gasteiger partial charge in [-0.05, 0) is 65.7 Å². The van der Waals surface area contributed by atoms with Crippen LogP contribution in [0.2, 0.25) is 10.0 Å². The maximum Gasteiger partial charge on any atom is 0.266 e. The smallest absolute Gasteiger partial charge is 0.266 e. The molecule has 0 aromatic heterocycles. The fourth-order valence-electron chi connectivity index (χ4n) is 3.26. The quantitative estimate of drug-likeness (QED) is 0.401. The van der Waals surface area contributed by atoms with Crippen LogP contribution < -0.4 is 9.80 Å². The molecule has 0 unspecified atom stereocenters. The van der Waals surface area contributed by atoms with E-state index in [1.54, 1.807) is 11.8 Å². The Balaban J connectivity index is 1.74. The molecule has 0 N–H and O–H groups in total. The van der Waals surface area contributed by atoms with Gasteiger partial charge in [0, 0.05) is 35.5 Å². The summed E-state index contributed by atoms with van der Waals surface area (Å²) in [7, 11) is 4.02. The van der Waals surface area contributed by atoms with Crippen LogP contribution in [0.5, 0.6) is 0 Å². The molecule has 1 saturated heterocycles. The summed E-state index contributed by atoms with van der Waals surface area (Å²) in [6.45, 7) is 0. The Kier molecular flexibility index (Phi) is 6.09. The van der Waals surface area contributed by atoms with Crippen molar-refractivity contribution in [3.8, 4) is 0 Å². The Morgan fingerprint density at radius 3 is 2.00 bits per heavy atom. The molecule has 0 spiro atoms. The minimum Gasteiger partial charge on any atom is -0.378 e. The first-order valence-electron chi connectivity index (χ1n) is 9.43. The lowest BCUT2D eigenvalue weighted by Gasteiger charge is -2.24. The van der Waals surface area contributed by atoms with Crippen LogP contribution in [-0.2, 0) is 4.79 Å². The number of hydrogen-bond donors (Lipinski definition) is 0. The number of halogens is 2. The number of benzene rings is 3. The van der Waals surface area contributed by atoms with Gasteiger partial charge in [-0.1, -0.05) is 59.2 Å². The van der Waals surface area contributed by atoms with Crippen LogP contribution in [-0.4, -0.2) is 20.0 Å². The van der Waals surface area contributed by atoms with Crippen LogP contribution in [0.25, 0.3) is 6.08 Å².